The number of aryl methyl sites for hydroxylation is 1. The molecular weight excluding hydrogens is 339 g/mol. The fourth-order valence-corrected chi connectivity index (χ4v) is 2.71. The van der Waals surface area contributed by atoms with E-state index in [-0.39, 0.29) is 11.6 Å². The van der Waals surface area contributed by atoms with Gasteiger partial charge in [0.15, 0.2) is 0 Å². The van der Waals surface area contributed by atoms with E-state index >= 15 is 0 Å². The summed E-state index contributed by atoms with van der Waals surface area (Å²) in [6.45, 7) is 3.42. The third kappa shape index (κ3) is 3.58. The second kappa shape index (κ2) is 6.99. The van der Waals surface area contributed by atoms with E-state index in [0.717, 1.165) is 12.8 Å². The number of amides is 3. The van der Waals surface area contributed by atoms with Crippen molar-refractivity contribution >= 4 is 17.7 Å². The molecule has 2 aromatic rings. The van der Waals surface area contributed by atoms with Crippen LogP contribution in [0.2, 0.25) is 0 Å². The van der Waals surface area contributed by atoms with Crippen molar-refractivity contribution in [3.8, 4) is 5.69 Å². The van der Waals surface area contributed by atoms with Crippen molar-refractivity contribution in [3.63, 3.8) is 0 Å². The first-order valence-corrected chi connectivity index (χ1v) is 8.23. The molecule has 3 rings (SSSR count). The van der Waals surface area contributed by atoms with Gasteiger partial charge in [-0.2, -0.15) is 0 Å². The molecule has 7 nitrogen and oxygen atoms in total. The average Bonchev–Trinajstić information content (AvgIpc) is 3.37. The largest absolute Gasteiger partial charge is 0.345 e. The standard InChI is InChI=1S/C18H19FN4O3/c1-10-9-13(11(2)23(10)15-6-4-3-5-14(15)19)16(24)21-22-18(26)17(25)20-12-7-8-12/h3-6,9,12H,7-8H2,1-2H3,(H,20,25)(H,21,24)(H,22,26). The molecule has 136 valence electrons. The van der Waals surface area contributed by atoms with Gasteiger partial charge in [-0.25, -0.2) is 4.39 Å². The Morgan fingerprint density at radius 2 is 1.77 bits per heavy atom. The lowest BCUT2D eigenvalue weighted by Crippen LogP contribution is -2.49. The second-order valence-electron chi connectivity index (χ2n) is 6.23. The number of nitrogens with zero attached hydrogens (tertiary/aromatic N) is 1. The number of aromatic nitrogens is 1. The minimum absolute atomic E-state index is 0.0450. The van der Waals surface area contributed by atoms with E-state index in [0.29, 0.717) is 17.1 Å². The van der Waals surface area contributed by atoms with Gasteiger partial charge in [-0.05, 0) is 44.9 Å². The Labute approximate surface area is 149 Å². The van der Waals surface area contributed by atoms with Gasteiger partial charge in [0.2, 0.25) is 0 Å². The van der Waals surface area contributed by atoms with Crippen LogP contribution in [0.3, 0.4) is 0 Å². The van der Waals surface area contributed by atoms with E-state index in [1.807, 2.05) is 0 Å². The highest BCUT2D eigenvalue weighted by atomic mass is 19.1. The van der Waals surface area contributed by atoms with Gasteiger partial charge in [0.25, 0.3) is 5.91 Å². The quantitative estimate of drug-likeness (QED) is 0.570. The molecule has 0 unspecified atom stereocenters. The molecule has 0 aliphatic heterocycles. The first-order chi connectivity index (χ1) is 12.4. The summed E-state index contributed by atoms with van der Waals surface area (Å²) >= 11 is 0. The van der Waals surface area contributed by atoms with Crippen LogP contribution < -0.4 is 16.2 Å². The first kappa shape index (κ1) is 17.7. The summed E-state index contributed by atoms with van der Waals surface area (Å²) in [5, 5.41) is 2.52. The lowest BCUT2D eigenvalue weighted by molar-refractivity contribution is -0.139. The molecule has 1 aromatic heterocycles. The van der Waals surface area contributed by atoms with E-state index in [9.17, 15) is 18.8 Å². The van der Waals surface area contributed by atoms with Crippen molar-refractivity contribution in [2.24, 2.45) is 0 Å². The van der Waals surface area contributed by atoms with Crippen molar-refractivity contribution < 1.29 is 18.8 Å². The summed E-state index contributed by atoms with van der Waals surface area (Å²) in [5.41, 5.74) is 6.08. The fourth-order valence-electron chi connectivity index (χ4n) is 2.71. The molecular formula is C18H19FN4O3. The topological polar surface area (TPSA) is 92.2 Å². The molecule has 8 heteroatoms. The van der Waals surface area contributed by atoms with Gasteiger partial charge in [0.05, 0.1) is 11.3 Å². The number of nitrogens with one attached hydrogen (secondary N) is 3. The summed E-state index contributed by atoms with van der Waals surface area (Å²) in [6.07, 6.45) is 1.71. The Balaban J connectivity index is 1.72. The van der Waals surface area contributed by atoms with Gasteiger partial charge in [0, 0.05) is 17.4 Å². The number of halogens is 1. The van der Waals surface area contributed by atoms with Crippen LogP contribution in [0, 0.1) is 19.7 Å². The van der Waals surface area contributed by atoms with Crippen LogP contribution in [0.5, 0.6) is 0 Å². The molecule has 1 saturated carbocycles. The lowest BCUT2D eigenvalue weighted by atomic mass is 10.2. The lowest BCUT2D eigenvalue weighted by Gasteiger charge is -2.11. The van der Waals surface area contributed by atoms with Crippen molar-refractivity contribution in [1.29, 1.82) is 0 Å². The van der Waals surface area contributed by atoms with Crippen LogP contribution in [0.15, 0.2) is 30.3 Å². The molecule has 1 aliphatic carbocycles. The predicted octanol–water partition coefficient (Wildman–Crippen LogP) is 1.27. The number of para-hydroxylation sites is 1. The zero-order valence-corrected chi connectivity index (χ0v) is 14.4. The zero-order valence-electron chi connectivity index (χ0n) is 14.4. The van der Waals surface area contributed by atoms with Gasteiger partial charge in [-0.1, -0.05) is 12.1 Å². The van der Waals surface area contributed by atoms with Crippen molar-refractivity contribution in [2.45, 2.75) is 32.7 Å². The summed E-state index contributed by atoms with van der Waals surface area (Å²) in [4.78, 5) is 35.6. The minimum atomic E-state index is -0.937. The van der Waals surface area contributed by atoms with Gasteiger partial charge >= 0.3 is 11.8 Å². The van der Waals surface area contributed by atoms with Crippen molar-refractivity contribution in [3.05, 3.63) is 53.1 Å². The molecule has 1 aromatic carbocycles. The maximum absolute atomic E-state index is 14.1. The van der Waals surface area contributed by atoms with Crippen molar-refractivity contribution in [2.75, 3.05) is 0 Å². The summed E-state index contributed by atoms with van der Waals surface area (Å²) < 4.78 is 15.7. The van der Waals surface area contributed by atoms with E-state index in [2.05, 4.69) is 16.2 Å². The molecule has 3 N–H and O–H groups in total. The predicted molar refractivity (Wildman–Crippen MR) is 92.0 cm³/mol. The van der Waals surface area contributed by atoms with E-state index in [1.54, 1.807) is 42.7 Å². The number of hydrogen-bond acceptors (Lipinski definition) is 3. The maximum atomic E-state index is 14.1. The third-order valence-electron chi connectivity index (χ3n) is 4.18. The van der Waals surface area contributed by atoms with Crippen LogP contribution in [-0.2, 0) is 9.59 Å². The first-order valence-electron chi connectivity index (χ1n) is 8.23. The van der Waals surface area contributed by atoms with Crippen LogP contribution in [0.4, 0.5) is 4.39 Å². The monoisotopic (exact) mass is 358 g/mol. The Kier molecular flexibility index (Phi) is 4.75. The summed E-state index contributed by atoms with van der Waals surface area (Å²) in [7, 11) is 0. The fraction of sp³-hybridized carbons (Fsp3) is 0.278. The molecule has 1 fully saturated rings. The van der Waals surface area contributed by atoms with E-state index in [4.69, 9.17) is 0 Å². The number of carbonyl (C=O) groups excluding carboxylic acids is 3. The average molecular weight is 358 g/mol. The second-order valence-corrected chi connectivity index (χ2v) is 6.23. The Morgan fingerprint density at radius 3 is 2.42 bits per heavy atom. The van der Waals surface area contributed by atoms with Crippen LogP contribution in [0.25, 0.3) is 5.69 Å². The molecule has 3 amide bonds. The number of benzene rings is 1. The summed E-state index contributed by atoms with van der Waals surface area (Å²) in [5.74, 6) is -2.72. The highest BCUT2D eigenvalue weighted by molar-refractivity contribution is 6.35. The number of hydrazine groups is 1. The number of carbonyl (C=O) groups is 3. The van der Waals surface area contributed by atoms with E-state index in [1.165, 1.54) is 6.07 Å². The molecule has 0 bridgehead atoms. The SMILES string of the molecule is Cc1cc(C(=O)NNC(=O)C(=O)NC2CC2)c(C)n1-c1ccccc1F. The molecule has 26 heavy (non-hydrogen) atoms. The third-order valence-corrected chi connectivity index (χ3v) is 4.18. The molecule has 0 atom stereocenters. The van der Waals surface area contributed by atoms with Gasteiger partial charge in [0.1, 0.15) is 5.82 Å². The van der Waals surface area contributed by atoms with Gasteiger partial charge in [-0.15, -0.1) is 0 Å². The zero-order chi connectivity index (χ0) is 18.8. The van der Waals surface area contributed by atoms with E-state index < -0.39 is 23.5 Å². The number of rotatable bonds is 3. The molecule has 0 radical (unpaired) electrons. The highest BCUT2D eigenvalue weighted by Gasteiger charge is 2.27. The maximum Gasteiger partial charge on any atom is 0.327 e. The Hall–Kier alpha value is -3.16. The normalized spacial score (nSPS) is 13.2. The highest BCUT2D eigenvalue weighted by Crippen LogP contribution is 2.22. The Morgan fingerprint density at radius 1 is 1.08 bits per heavy atom. The Bertz CT molecular complexity index is 887. The van der Waals surface area contributed by atoms with Gasteiger partial charge in [-0.3, -0.25) is 25.2 Å². The van der Waals surface area contributed by atoms with Gasteiger partial charge < -0.3 is 9.88 Å². The molecule has 0 spiro atoms. The van der Waals surface area contributed by atoms with Crippen LogP contribution in [0.1, 0.15) is 34.6 Å². The molecule has 1 heterocycles. The molecule has 0 saturated heterocycles. The molecule has 1 aliphatic rings. The smallest absolute Gasteiger partial charge is 0.327 e. The summed E-state index contributed by atoms with van der Waals surface area (Å²) in [6, 6.07) is 7.88. The van der Waals surface area contributed by atoms with Crippen LogP contribution in [-0.4, -0.2) is 28.3 Å². The van der Waals surface area contributed by atoms with Crippen molar-refractivity contribution in [1.82, 2.24) is 20.7 Å². The number of hydrogen-bond donors (Lipinski definition) is 3. The minimum Gasteiger partial charge on any atom is -0.345 e. The van der Waals surface area contributed by atoms with Crippen LogP contribution >= 0.6 is 0 Å².